The quantitative estimate of drug-likeness (QED) is 0.352. The van der Waals surface area contributed by atoms with E-state index in [1.165, 1.54) is 0 Å². The predicted molar refractivity (Wildman–Crippen MR) is 144 cm³/mol. The summed E-state index contributed by atoms with van der Waals surface area (Å²) in [6.45, 7) is 3.99. The van der Waals surface area contributed by atoms with E-state index in [-0.39, 0.29) is 17.3 Å². The molecule has 0 spiro atoms. The molecule has 1 aliphatic heterocycles. The third kappa shape index (κ3) is 7.61. The summed E-state index contributed by atoms with van der Waals surface area (Å²) >= 11 is 0. The van der Waals surface area contributed by atoms with Crippen molar-refractivity contribution in [2.24, 2.45) is 0 Å². The Morgan fingerprint density at radius 2 is 1.72 bits per heavy atom. The molecule has 1 aliphatic rings. The van der Waals surface area contributed by atoms with Crippen molar-refractivity contribution in [3.8, 4) is 11.5 Å². The fraction of sp³-hybridized carbons (Fsp3) is 0.519. The van der Waals surface area contributed by atoms with E-state index in [1.54, 1.807) is 32.4 Å². The van der Waals surface area contributed by atoms with Crippen LogP contribution in [0, 0.1) is 0 Å². The van der Waals surface area contributed by atoms with Crippen molar-refractivity contribution in [2.75, 3.05) is 44.1 Å². The van der Waals surface area contributed by atoms with Gasteiger partial charge in [0.15, 0.2) is 11.5 Å². The van der Waals surface area contributed by atoms with Gasteiger partial charge in [0.25, 0.3) is 0 Å². The van der Waals surface area contributed by atoms with Crippen LogP contribution in [-0.2, 0) is 21.2 Å². The largest absolute Gasteiger partial charge is 0.493 e. The highest BCUT2D eigenvalue weighted by Gasteiger charge is 2.24. The monoisotopic (exact) mass is 517 g/mol. The molecule has 0 unspecified atom stereocenters. The molecule has 1 saturated heterocycles. The van der Waals surface area contributed by atoms with Gasteiger partial charge in [-0.3, -0.25) is 4.79 Å². The number of hydrogen-bond donors (Lipinski definition) is 2. The third-order valence-corrected chi connectivity index (χ3v) is 7.88. The molecule has 0 saturated carbocycles. The minimum absolute atomic E-state index is 0.0928. The molecule has 2 aromatic carbocycles. The number of anilines is 2. The lowest BCUT2D eigenvalue weighted by atomic mass is 10.1. The summed E-state index contributed by atoms with van der Waals surface area (Å²) in [7, 11) is -0.662. The number of benzene rings is 2. The van der Waals surface area contributed by atoms with Gasteiger partial charge in [-0.05, 0) is 61.6 Å². The molecule has 1 heterocycles. The molecule has 0 aliphatic carbocycles. The summed E-state index contributed by atoms with van der Waals surface area (Å²) in [4.78, 5) is 14.7. The van der Waals surface area contributed by atoms with Crippen molar-refractivity contribution < 1.29 is 22.7 Å². The Labute approximate surface area is 215 Å². The predicted octanol–water partition coefficient (Wildman–Crippen LogP) is 4.73. The molecule has 0 radical (unpaired) electrons. The topological polar surface area (TPSA) is 97.0 Å². The molecule has 198 valence electrons. The van der Waals surface area contributed by atoms with E-state index in [1.807, 2.05) is 18.2 Å². The molecule has 1 fully saturated rings. The van der Waals surface area contributed by atoms with E-state index in [0.717, 1.165) is 57.2 Å². The van der Waals surface area contributed by atoms with E-state index in [0.29, 0.717) is 35.7 Å². The van der Waals surface area contributed by atoms with Gasteiger partial charge in [0.05, 0.1) is 19.9 Å². The molecule has 0 aromatic heterocycles. The summed E-state index contributed by atoms with van der Waals surface area (Å²) in [5.41, 5.74) is 2.10. The number of nitrogens with zero attached hydrogens (tertiary/aromatic N) is 1. The maximum Gasteiger partial charge on any atom is 0.242 e. The van der Waals surface area contributed by atoms with Gasteiger partial charge in [0.2, 0.25) is 15.9 Å². The number of amides is 1. The highest BCUT2D eigenvalue weighted by Crippen LogP contribution is 2.31. The van der Waals surface area contributed by atoms with Gasteiger partial charge in [-0.15, -0.1) is 0 Å². The number of nitrogens with one attached hydrogen (secondary N) is 2. The van der Waals surface area contributed by atoms with E-state index in [4.69, 9.17) is 9.47 Å². The first-order valence-electron chi connectivity index (χ1n) is 12.8. The molecule has 0 atom stereocenters. The molecule has 3 rings (SSSR count). The second-order valence-electron chi connectivity index (χ2n) is 9.07. The van der Waals surface area contributed by atoms with Crippen LogP contribution in [0.25, 0.3) is 0 Å². The zero-order chi connectivity index (χ0) is 26.0. The van der Waals surface area contributed by atoms with Crippen molar-refractivity contribution >= 4 is 27.3 Å². The van der Waals surface area contributed by atoms with Gasteiger partial charge in [-0.1, -0.05) is 32.3 Å². The number of carbonyl (C=O) groups is 1. The second-order valence-corrected chi connectivity index (χ2v) is 10.8. The number of sulfonamides is 1. The van der Waals surface area contributed by atoms with Crippen LogP contribution in [0.15, 0.2) is 41.3 Å². The van der Waals surface area contributed by atoms with Crippen LogP contribution in [-0.4, -0.2) is 48.2 Å². The Bertz CT molecular complexity index is 1110. The summed E-state index contributed by atoms with van der Waals surface area (Å²) in [5, 5.41) is 2.88. The Morgan fingerprint density at radius 3 is 2.42 bits per heavy atom. The molecule has 1 amide bonds. The zero-order valence-corrected chi connectivity index (χ0v) is 22.5. The van der Waals surface area contributed by atoms with Crippen LogP contribution in [0.4, 0.5) is 11.4 Å². The van der Waals surface area contributed by atoms with Crippen LogP contribution >= 0.6 is 0 Å². The SMILES string of the molecule is CCCCCCC(=O)Nc1ccc(N2CCCC2)c(S(=O)(=O)NCCc2ccc(OC)c(OC)c2)c1. The lowest BCUT2D eigenvalue weighted by Crippen LogP contribution is -2.29. The average molecular weight is 518 g/mol. The summed E-state index contributed by atoms with van der Waals surface area (Å²) in [6.07, 6.45) is 7.04. The average Bonchev–Trinajstić information content (AvgIpc) is 3.41. The van der Waals surface area contributed by atoms with Gasteiger partial charge in [-0.25, -0.2) is 13.1 Å². The summed E-state index contributed by atoms with van der Waals surface area (Å²) in [5.74, 6) is 1.14. The lowest BCUT2D eigenvalue weighted by molar-refractivity contribution is -0.116. The standard InChI is InChI=1S/C27H39N3O5S/c1-4-5-6-7-10-27(31)29-22-12-13-23(30-17-8-9-18-30)26(20-22)36(32,33)28-16-15-21-11-14-24(34-2)25(19-21)35-3/h11-14,19-20,28H,4-10,15-18H2,1-3H3,(H,29,31). The van der Waals surface area contributed by atoms with Crippen molar-refractivity contribution in [2.45, 2.75) is 63.2 Å². The first-order chi connectivity index (χ1) is 17.4. The Morgan fingerprint density at radius 1 is 0.972 bits per heavy atom. The number of ether oxygens (including phenoxy) is 2. The van der Waals surface area contributed by atoms with Crippen molar-refractivity contribution in [1.82, 2.24) is 4.72 Å². The minimum atomic E-state index is -3.81. The van der Waals surface area contributed by atoms with E-state index < -0.39 is 10.0 Å². The minimum Gasteiger partial charge on any atom is -0.493 e. The fourth-order valence-electron chi connectivity index (χ4n) is 4.41. The molecular formula is C27H39N3O5S. The van der Waals surface area contributed by atoms with Gasteiger partial charge in [0, 0.05) is 31.7 Å². The van der Waals surface area contributed by atoms with E-state index in [9.17, 15) is 13.2 Å². The number of unbranched alkanes of at least 4 members (excludes halogenated alkanes) is 3. The molecular weight excluding hydrogens is 478 g/mol. The third-order valence-electron chi connectivity index (χ3n) is 6.39. The van der Waals surface area contributed by atoms with Crippen LogP contribution in [0.3, 0.4) is 0 Å². The lowest BCUT2D eigenvalue weighted by Gasteiger charge is -2.22. The van der Waals surface area contributed by atoms with Crippen LogP contribution in [0.1, 0.15) is 57.4 Å². The van der Waals surface area contributed by atoms with Crippen molar-refractivity contribution in [1.29, 1.82) is 0 Å². The second kappa shape index (κ2) is 13.5. The maximum absolute atomic E-state index is 13.4. The van der Waals surface area contributed by atoms with E-state index >= 15 is 0 Å². The number of rotatable bonds is 14. The summed E-state index contributed by atoms with van der Waals surface area (Å²) < 4.78 is 40.2. The molecule has 8 nitrogen and oxygen atoms in total. The maximum atomic E-state index is 13.4. The Hall–Kier alpha value is -2.78. The first kappa shape index (κ1) is 27.8. The normalized spacial score (nSPS) is 13.6. The Kier molecular flexibility index (Phi) is 10.4. The number of hydrogen-bond acceptors (Lipinski definition) is 6. The summed E-state index contributed by atoms with van der Waals surface area (Å²) in [6, 6.07) is 10.7. The van der Waals surface area contributed by atoms with Crippen LogP contribution < -0.4 is 24.4 Å². The molecule has 36 heavy (non-hydrogen) atoms. The van der Waals surface area contributed by atoms with Gasteiger partial charge in [0.1, 0.15) is 4.90 Å². The van der Waals surface area contributed by atoms with Crippen LogP contribution in [0.2, 0.25) is 0 Å². The number of methoxy groups -OCH3 is 2. The fourth-order valence-corrected chi connectivity index (χ4v) is 5.69. The van der Waals surface area contributed by atoms with Crippen LogP contribution in [0.5, 0.6) is 11.5 Å². The van der Waals surface area contributed by atoms with Crippen molar-refractivity contribution in [3.05, 3.63) is 42.0 Å². The number of carbonyl (C=O) groups excluding carboxylic acids is 1. The van der Waals surface area contributed by atoms with Crippen molar-refractivity contribution in [3.63, 3.8) is 0 Å². The van der Waals surface area contributed by atoms with Gasteiger partial charge >= 0.3 is 0 Å². The highest BCUT2D eigenvalue weighted by atomic mass is 32.2. The molecule has 2 aromatic rings. The molecule has 2 N–H and O–H groups in total. The van der Waals surface area contributed by atoms with E-state index in [2.05, 4.69) is 21.9 Å². The smallest absolute Gasteiger partial charge is 0.242 e. The van der Waals surface area contributed by atoms with Gasteiger partial charge < -0.3 is 19.7 Å². The zero-order valence-electron chi connectivity index (χ0n) is 21.6. The first-order valence-corrected chi connectivity index (χ1v) is 14.3. The molecule has 0 bridgehead atoms. The Balaban J connectivity index is 1.73. The molecule has 9 heteroatoms. The van der Waals surface area contributed by atoms with Gasteiger partial charge in [-0.2, -0.15) is 0 Å². The highest BCUT2D eigenvalue weighted by molar-refractivity contribution is 7.89.